The summed E-state index contributed by atoms with van der Waals surface area (Å²) in [5.41, 5.74) is 6.73. The molecule has 18 heavy (non-hydrogen) atoms. The molecule has 0 aliphatic heterocycles. The van der Waals surface area contributed by atoms with Gasteiger partial charge in [-0.3, -0.25) is 0 Å². The lowest BCUT2D eigenvalue weighted by molar-refractivity contribution is 0.249. The molecule has 5 heteroatoms. The van der Waals surface area contributed by atoms with Crippen molar-refractivity contribution in [1.29, 1.82) is 0 Å². The summed E-state index contributed by atoms with van der Waals surface area (Å²) >= 11 is 0. The number of aryl methyl sites for hydroxylation is 1. The van der Waals surface area contributed by atoms with E-state index in [1.807, 2.05) is 6.92 Å². The lowest BCUT2D eigenvalue weighted by Crippen LogP contribution is -2.30. The first-order valence-corrected chi connectivity index (χ1v) is 6.49. The van der Waals surface area contributed by atoms with Gasteiger partial charge in [-0.05, 0) is 19.3 Å². The number of hydrogen-bond acceptors (Lipinski definition) is 5. The van der Waals surface area contributed by atoms with Crippen LogP contribution >= 0.6 is 0 Å². The van der Waals surface area contributed by atoms with Crippen molar-refractivity contribution in [2.45, 2.75) is 46.6 Å². The molecule has 1 rings (SSSR count). The lowest BCUT2D eigenvalue weighted by Gasteiger charge is -2.22. The fourth-order valence-corrected chi connectivity index (χ4v) is 1.66. The Labute approximate surface area is 109 Å². The molecule has 0 spiro atoms. The summed E-state index contributed by atoms with van der Waals surface area (Å²) in [6, 6.07) is -0.0209. The Bertz CT molecular complexity index is 393. The highest BCUT2D eigenvalue weighted by Gasteiger charge is 2.15. The molecule has 0 saturated carbocycles. The highest BCUT2D eigenvalue weighted by molar-refractivity contribution is 5.55. The fourth-order valence-electron chi connectivity index (χ4n) is 1.66. The zero-order chi connectivity index (χ0) is 13.7. The number of nitrogens with zero attached hydrogens (tertiary/aromatic N) is 2. The van der Waals surface area contributed by atoms with Crippen molar-refractivity contribution in [3.63, 3.8) is 0 Å². The van der Waals surface area contributed by atoms with Crippen LogP contribution in [0.3, 0.4) is 0 Å². The Kier molecular flexibility index (Phi) is 5.34. The largest absolute Gasteiger partial charge is 0.394 e. The Morgan fingerprint density at radius 1 is 1.33 bits per heavy atom. The maximum atomic E-state index is 9.35. The number of hydrogen-bond donors (Lipinski definition) is 3. The van der Waals surface area contributed by atoms with Gasteiger partial charge in [0.25, 0.3) is 0 Å². The van der Waals surface area contributed by atoms with Gasteiger partial charge in [-0.25, -0.2) is 9.97 Å². The molecule has 1 heterocycles. The standard InChI is InChI=1S/C13H24N4O/c1-5-6-11-16-12(14)9(4)13(17-11)15-10(7-18)8(2)3/h8,10,18H,5-7H2,1-4H3,(H3,14,15,16,17). The number of rotatable bonds is 6. The van der Waals surface area contributed by atoms with Gasteiger partial charge in [-0.1, -0.05) is 20.8 Å². The van der Waals surface area contributed by atoms with Crippen LogP contribution in [0.4, 0.5) is 11.6 Å². The van der Waals surface area contributed by atoms with Crippen LogP contribution in [0.25, 0.3) is 0 Å². The molecule has 0 radical (unpaired) electrons. The van der Waals surface area contributed by atoms with Gasteiger partial charge in [0.1, 0.15) is 17.5 Å². The van der Waals surface area contributed by atoms with Gasteiger partial charge in [0, 0.05) is 12.0 Å². The van der Waals surface area contributed by atoms with Crippen LogP contribution in [0.2, 0.25) is 0 Å². The fraction of sp³-hybridized carbons (Fsp3) is 0.692. The summed E-state index contributed by atoms with van der Waals surface area (Å²) in [5.74, 6) is 2.32. The van der Waals surface area contributed by atoms with Crippen LogP contribution in [-0.2, 0) is 6.42 Å². The Morgan fingerprint density at radius 3 is 2.50 bits per heavy atom. The quantitative estimate of drug-likeness (QED) is 0.718. The Morgan fingerprint density at radius 2 is 2.00 bits per heavy atom. The van der Waals surface area contributed by atoms with E-state index in [2.05, 4.69) is 36.1 Å². The van der Waals surface area contributed by atoms with Crippen molar-refractivity contribution in [2.75, 3.05) is 17.7 Å². The molecule has 0 fully saturated rings. The molecule has 0 bridgehead atoms. The molecule has 1 aromatic heterocycles. The van der Waals surface area contributed by atoms with Crippen molar-refractivity contribution in [2.24, 2.45) is 5.92 Å². The third-order valence-electron chi connectivity index (χ3n) is 3.03. The van der Waals surface area contributed by atoms with Gasteiger partial charge in [0.2, 0.25) is 0 Å². The number of nitrogens with two attached hydrogens (primary N) is 1. The number of aliphatic hydroxyl groups is 1. The second kappa shape index (κ2) is 6.54. The summed E-state index contributed by atoms with van der Waals surface area (Å²) in [6.07, 6.45) is 1.79. The summed E-state index contributed by atoms with van der Waals surface area (Å²) in [6.45, 7) is 8.16. The minimum atomic E-state index is -0.0209. The normalized spacial score (nSPS) is 12.8. The van der Waals surface area contributed by atoms with Crippen molar-refractivity contribution in [1.82, 2.24) is 9.97 Å². The van der Waals surface area contributed by atoms with E-state index in [1.54, 1.807) is 0 Å². The van der Waals surface area contributed by atoms with Crippen LogP contribution in [0.15, 0.2) is 0 Å². The van der Waals surface area contributed by atoms with Crippen molar-refractivity contribution >= 4 is 11.6 Å². The van der Waals surface area contributed by atoms with Crippen LogP contribution in [-0.4, -0.2) is 27.7 Å². The van der Waals surface area contributed by atoms with Gasteiger partial charge in [0.15, 0.2) is 0 Å². The third kappa shape index (κ3) is 3.57. The smallest absolute Gasteiger partial charge is 0.135 e. The second-order valence-corrected chi connectivity index (χ2v) is 4.93. The highest BCUT2D eigenvalue weighted by Crippen LogP contribution is 2.20. The van der Waals surface area contributed by atoms with Gasteiger partial charge in [-0.15, -0.1) is 0 Å². The zero-order valence-electron chi connectivity index (χ0n) is 11.7. The summed E-state index contributed by atoms with van der Waals surface area (Å²) in [5, 5.41) is 12.6. The summed E-state index contributed by atoms with van der Waals surface area (Å²) in [7, 11) is 0. The number of aliphatic hydroxyl groups excluding tert-OH is 1. The number of aromatic nitrogens is 2. The molecule has 4 N–H and O–H groups in total. The molecule has 1 unspecified atom stereocenters. The minimum Gasteiger partial charge on any atom is -0.394 e. The van der Waals surface area contributed by atoms with E-state index < -0.39 is 0 Å². The number of nitrogen functional groups attached to an aromatic ring is 1. The van der Waals surface area contributed by atoms with E-state index >= 15 is 0 Å². The van der Waals surface area contributed by atoms with E-state index in [0.29, 0.717) is 11.7 Å². The molecule has 0 saturated heterocycles. The topological polar surface area (TPSA) is 84.1 Å². The van der Waals surface area contributed by atoms with Crippen molar-refractivity contribution < 1.29 is 5.11 Å². The molecule has 5 nitrogen and oxygen atoms in total. The first kappa shape index (κ1) is 14.7. The first-order chi connectivity index (χ1) is 8.49. The SMILES string of the molecule is CCCc1nc(N)c(C)c(NC(CO)C(C)C)n1. The van der Waals surface area contributed by atoms with E-state index in [9.17, 15) is 5.11 Å². The molecule has 0 aliphatic carbocycles. The van der Waals surface area contributed by atoms with Crippen LogP contribution < -0.4 is 11.1 Å². The maximum absolute atomic E-state index is 9.35. The van der Waals surface area contributed by atoms with E-state index in [4.69, 9.17) is 5.73 Å². The van der Waals surface area contributed by atoms with Crippen LogP contribution in [0.1, 0.15) is 38.6 Å². The highest BCUT2D eigenvalue weighted by atomic mass is 16.3. The maximum Gasteiger partial charge on any atom is 0.135 e. The number of nitrogens with one attached hydrogen (secondary N) is 1. The van der Waals surface area contributed by atoms with Crippen molar-refractivity contribution in [3.8, 4) is 0 Å². The van der Waals surface area contributed by atoms with Crippen molar-refractivity contribution in [3.05, 3.63) is 11.4 Å². The average Bonchev–Trinajstić information content (AvgIpc) is 2.31. The Hall–Kier alpha value is -1.36. The molecular weight excluding hydrogens is 228 g/mol. The molecule has 102 valence electrons. The van der Waals surface area contributed by atoms with E-state index in [0.717, 1.165) is 30.0 Å². The van der Waals surface area contributed by atoms with Gasteiger partial charge in [0.05, 0.1) is 12.6 Å². The predicted octanol–water partition coefficient (Wildman–Crippen LogP) is 1.75. The zero-order valence-corrected chi connectivity index (χ0v) is 11.7. The molecule has 0 aromatic carbocycles. The summed E-state index contributed by atoms with van der Waals surface area (Å²) in [4.78, 5) is 8.74. The number of anilines is 2. The molecule has 0 aliphatic rings. The minimum absolute atomic E-state index is 0.0209. The Balaban J connectivity index is 2.99. The van der Waals surface area contributed by atoms with Gasteiger partial charge >= 0.3 is 0 Å². The second-order valence-electron chi connectivity index (χ2n) is 4.93. The third-order valence-corrected chi connectivity index (χ3v) is 3.03. The average molecular weight is 252 g/mol. The molecule has 0 amide bonds. The molecule has 1 atom stereocenters. The molecule has 1 aromatic rings. The van der Waals surface area contributed by atoms with Crippen LogP contribution in [0, 0.1) is 12.8 Å². The van der Waals surface area contributed by atoms with E-state index in [1.165, 1.54) is 0 Å². The monoisotopic (exact) mass is 252 g/mol. The van der Waals surface area contributed by atoms with Crippen LogP contribution in [0.5, 0.6) is 0 Å². The molecular formula is C13H24N4O. The lowest BCUT2D eigenvalue weighted by atomic mass is 10.1. The first-order valence-electron chi connectivity index (χ1n) is 6.49. The van der Waals surface area contributed by atoms with E-state index in [-0.39, 0.29) is 12.6 Å². The van der Waals surface area contributed by atoms with Gasteiger partial charge in [-0.2, -0.15) is 0 Å². The summed E-state index contributed by atoms with van der Waals surface area (Å²) < 4.78 is 0. The van der Waals surface area contributed by atoms with Gasteiger partial charge < -0.3 is 16.2 Å². The predicted molar refractivity (Wildman–Crippen MR) is 74.5 cm³/mol.